The third kappa shape index (κ3) is 5.86. The zero-order valence-electron chi connectivity index (χ0n) is 18.1. The number of hydrogen-bond acceptors (Lipinski definition) is 4. The van der Waals surface area contributed by atoms with Gasteiger partial charge in [0.25, 0.3) is 0 Å². The lowest BCUT2D eigenvalue weighted by Crippen LogP contribution is -2.10. The number of benzene rings is 1. The molecule has 1 fully saturated rings. The van der Waals surface area contributed by atoms with Crippen molar-refractivity contribution in [2.75, 3.05) is 11.9 Å². The number of alkyl halides is 3. The third-order valence-corrected chi connectivity index (χ3v) is 5.95. The number of rotatable bonds is 8. The average molecular weight is 454 g/mol. The molecule has 0 saturated heterocycles. The molecule has 0 unspecified atom stereocenters. The summed E-state index contributed by atoms with van der Waals surface area (Å²) in [6.07, 6.45) is 5.49. The highest BCUT2D eigenvalue weighted by atomic mass is 19.4. The molecule has 0 amide bonds. The van der Waals surface area contributed by atoms with Gasteiger partial charge in [-0.2, -0.15) is 18.4 Å². The number of H-pyrrole nitrogens is 1. The second kappa shape index (κ2) is 9.99. The predicted octanol–water partition coefficient (Wildman–Crippen LogP) is 7.06. The molecule has 0 spiro atoms. The lowest BCUT2D eigenvalue weighted by molar-refractivity contribution is -0.138. The first kappa shape index (κ1) is 22.7. The molecule has 0 radical (unpaired) electrons. The van der Waals surface area contributed by atoms with Gasteiger partial charge in [-0.05, 0) is 55.2 Å². The summed E-state index contributed by atoms with van der Waals surface area (Å²) in [7, 11) is 0. The highest BCUT2D eigenvalue weighted by Gasteiger charge is 2.34. The average Bonchev–Trinajstić information content (AvgIpc) is 3.49. The van der Waals surface area contributed by atoms with E-state index < -0.39 is 11.7 Å². The van der Waals surface area contributed by atoms with Crippen LogP contribution >= 0.6 is 0 Å². The van der Waals surface area contributed by atoms with Crippen molar-refractivity contribution in [2.24, 2.45) is 5.92 Å². The van der Waals surface area contributed by atoms with Crippen molar-refractivity contribution in [2.45, 2.75) is 44.7 Å². The van der Waals surface area contributed by atoms with Crippen LogP contribution in [0.3, 0.4) is 0 Å². The first-order valence-corrected chi connectivity index (χ1v) is 11.1. The Morgan fingerprint density at radius 2 is 1.94 bits per heavy atom. The topological polar surface area (TPSA) is 73.7 Å². The van der Waals surface area contributed by atoms with Crippen molar-refractivity contribution in [1.82, 2.24) is 9.97 Å². The summed E-state index contributed by atoms with van der Waals surface area (Å²) in [5.41, 5.74) is 1.40. The van der Waals surface area contributed by atoms with E-state index in [1.165, 1.54) is 31.7 Å². The molecule has 172 valence electrons. The molecule has 3 aromatic rings. The lowest BCUT2D eigenvalue weighted by Gasteiger charge is -2.16. The summed E-state index contributed by atoms with van der Waals surface area (Å²) in [6, 6.07) is 11.1. The quantitative estimate of drug-likeness (QED) is 0.357. The molecule has 4 rings (SSSR count). The zero-order valence-corrected chi connectivity index (χ0v) is 18.1. The maximum atomic E-state index is 13.7. The van der Waals surface area contributed by atoms with Crippen molar-refractivity contribution in [3.05, 3.63) is 60.0 Å². The van der Waals surface area contributed by atoms with Crippen molar-refractivity contribution >= 4 is 11.5 Å². The normalized spacial score (nSPS) is 14.2. The van der Waals surface area contributed by atoms with Crippen LogP contribution in [-0.4, -0.2) is 16.6 Å². The van der Waals surface area contributed by atoms with Crippen LogP contribution in [0, 0.1) is 17.2 Å². The smallest absolute Gasteiger partial charge is 0.420 e. The van der Waals surface area contributed by atoms with Gasteiger partial charge in [0.1, 0.15) is 23.3 Å². The first-order chi connectivity index (χ1) is 15.9. The summed E-state index contributed by atoms with van der Waals surface area (Å²) in [5, 5.41) is 11.8. The van der Waals surface area contributed by atoms with Crippen LogP contribution < -0.4 is 10.1 Å². The van der Waals surface area contributed by atoms with Gasteiger partial charge < -0.3 is 15.0 Å². The van der Waals surface area contributed by atoms with E-state index in [2.05, 4.69) is 15.3 Å². The highest BCUT2D eigenvalue weighted by molar-refractivity contribution is 5.69. The molecular weight excluding hydrogens is 429 g/mol. The molecular formula is C25H25F3N4O. The van der Waals surface area contributed by atoms with Gasteiger partial charge in [0.15, 0.2) is 0 Å². The van der Waals surface area contributed by atoms with Gasteiger partial charge in [-0.3, -0.25) is 0 Å². The molecule has 8 heteroatoms. The van der Waals surface area contributed by atoms with Gasteiger partial charge in [0, 0.05) is 29.2 Å². The molecule has 1 aromatic carbocycles. The van der Waals surface area contributed by atoms with E-state index in [1.807, 2.05) is 6.07 Å². The molecule has 0 atom stereocenters. The van der Waals surface area contributed by atoms with Gasteiger partial charge in [0.05, 0.1) is 12.2 Å². The summed E-state index contributed by atoms with van der Waals surface area (Å²) in [6.45, 7) is 0.283. The molecule has 0 bridgehead atoms. The minimum absolute atomic E-state index is 0.143. The molecule has 5 nitrogen and oxygen atoms in total. The number of aromatic amines is 1. The second-order valence-electron chi connectivity index (χ2n) is 8.32. The first-order valence-electron chi connectivity index (χ1n) is 11.1. The third-order valence-electron chi connectivity index (χ3n) is 5.95. The van der Waals surface area contributed by atoms with E-state index in [-0.39, 0.29) is 12.4 Å². The van der Waals surface area contributed by atoms with Crippen LogP contribution in [-0.2, 0) is 6.18 Å². The molecule has 1 aliphatic carbocycles. The minimum Gasteiger partial charge on any atom is -0.493 e. The Labute approximate surface area is 190 Å². The molecule has 33 heavy (non-hydrogen) atoms. The highest BCUT2D eigenvalue weighted by Crippen LogP contribution is 2.39. The van der Waals surface area contributed by atoms with E-state index in [1.54, 1.807) is 36.7 Å². The van der Waals surface area contributed by atoms with Crippen molar-refractivity contribution < 1.29 is 17.9 Å². The summed E-state index contributed by atoms with van der Waals surface area (Å²) < 4.78 is 46.5. The van der Waals surface area contributed by atoms with E-state index in [0.29, 0.717) is 23.1 Å². The Balaban J connectivity index is 1.42. The van der Waals surface area contributed by atoms with Crippen LogP contribution in [0.5, 0.6) is 5.75 Å². The standard InChI is InChI=1S/C25H25F3N4O/c26-25(27,28)22-13-20(9-10-23(22)33-11-3-6-17-4-1-2-5-17)32-24-12-19(16-31-24)18-7-8-21(14-29)30-15-18/h7-10,12-13,15-17,31-32H,1-6,11H2. The Bertz CT molecular complexity index is 1110. The molecule has 2 aromatic heterocycles. The van der Waals surface area contributed by atoms with E-state index in [9.17, 15) is 13.2 Å². The Morgan fingerprint density at radius 1 is 1.12 bits per heavy atom. The number of anilines is 2. The number of aromatic nitrogens is 2. The van der Waals surface area contributed by atoms with Crippen LogP contribution in [0.1, 0.15) is 49.8 Å². The lowest BCUT2D eigenvalue weighted by atomic mass is 10.0. The van der Waals surface area contributed by atoms with Crippen LogP contribution in [0.25, 0.3) is 11.1 Å². The number of nitrogens with zero attached hydrogens (tertiary/aromatic N) is 2. The van der Waals surface area contributed by atoms with Crippen LogP contribution in [0.4, 0.5) is 24.7 Å². The fraction of sp³-hybridized carbons (Fsp3) is 0.360. The van der Waals surface area contributed by atoms with E-state index in [0.717, 1.165) is 30.0 Å². The minimum atomic E-state index is -4.52. The molecule has 1 aliphatic rings. The Kier molecular flexibility index (Phi) is 6.87. The fourth-order valence-corrected chi connectivity index (χ4v) is 4.23. The van der Waals surface area contributed by atoms with Gasteiger partial charge >= 0.3 is 6.18 Å². The van der Waals surface area contributed by atoms with E-state index in [4.69, 9.17) is 10.00 Å². The van der Waals surface area contributed by atoms with Crippen LogP contribution in [0.15, 0.2) is 48.8 Å². The van der Waals surface area contributed by atoms with E-state index >= 15 is 0 Å². The fourth-order valence-electron chi connectivity index (χ4n) is 4.23. The Hall–Kier alpha value is -3.47. The summed E-state index contributed by atoms with van der Waals surface area (Å²) in [4.78, 5) is 7.04. The number of pyridine rings is 1. The zero-order chi connectivity index (χ0) is 23.3. The maximum Gasteiger partial charge on any atom is 0.420 e. The number of nitriles is 1. The summed E-state index contributed by atoms with van der Waals surface area (Å²) in [5.74, 6) is 1.08. The number of ether oxygens (including phenoxy) is 1. The number of hydrogen-bond donors (Lipinski definition) is 2. The predicted molar refractivity (Wildman–Crippen MR) is 120 cm³/mol. The van der Waals surface area contributed by atoms with Gasteiger partial charge in [-0.1, -0.05) is 25.7 Å². The van der Waals surface area contributed by atoms with Crippen molar-refractivity contribution in [1.29, 1.82) is 5.26 Å². The monoisotopic (exact) mass is 454 g/mol. The molecule has 1 saturated carbocycles. The molecule has 0 aliphatic heterocycles. The molecule has 2 N–H and O–H groups in total. The summed E-state index contributed by atoms with van der Waals surface area (Å²) >= 11 is 0. The van der Waals surface area contributed by atoms with Crippen molar-refractivity contribution in [3.8, 4) is 22.9 Å². The largest absolute Gasteiger partial charge is 0.493 e. The van der Waals surface area contributed by atoms with Crippen LogP contribution in [0.2, 0.25) is 0 Å². The maximum absolute atomic E-state index is 13.7. The number of nitrogens with one attached hydrogen (secondary N) is 2. The number of halogens is 3. The SMILES string of the molecule is N#Cc1ccc(-c2c[nH]c(Nc3ccc(OCCCC4CCCC4)c(C(F)(F)F)c3)c2)cn1. The second-order valence-corrected chi connectivity index (χ2v) is 8.32. The molecule has 2 heterocycles. The van der Waals surface area contributed by atoms with Crippen molar-refractivity contribution in [3.63, 3.8) is 0 Å². The van der Waals surface area contributed by atoms with Gasteiger partial charge in [-0.25, -0.2) is 4.98 Å². The van der Waals surface area contributed by atoms with Gasteiger partial charge in [-0.15, -0.1) is 0 Å². The van der Waals surface area contributed by atoms with Gasteiger partial charge in [0.2, 0.25) is 0 Å². The Morgan fingerprint density at radius 3 is 2.64 bits per heavy atom.